The number of nitrogen functional groups attached to an aromatic ring is 1. The summed E-state index contributed by atoms with van der Waals surface area (Å²) >= 11 is 0. The van der Waals surface area contributed by atoms with Gasteiger partial charge in [0.1, 0.15) is 18.5 Å². The standard InChI is InChI=1S/C20H25NO10/c1-10(22)26-9-16-17(27-11(2)23)18(28-12(3)24)19(29-13(4)25)20(31-16)30-15-7-5-14(21)6-8-15/h5-8,16-20H,9,21H2,1-4H3. The molecule has 1 aromatic rings. The minimum absolute atomic E-state index is 0.315. The quantitative estimate of drug-likeness (QED) is 0.364. The van der Waals surface area contributed by atoms with Crippen LogP contribution in [0.25, 0.3) is 0 Å². The summed E-state index contributed by atoms with van der Waals surface area (Å²) in [6.45, 7) is 4.29. The summed E-state index contributed by atoms with van der Waals surface area (Å²) in [6.07, 6.45) is -6.20. The van der Waals surface area contributed by atoms with E-state index < -0.39 is 54.6 Å². The van der Waals surface area contributed by atoms with Gasteiger partial charge in [-0.25, -0.2) is 0 Å². The molecule has 1 aliphatic heterocycles. The molecule has 0 saturated carbocycles. The van der Waals surface area contributed by atoms with E-state index in [1.807, 2.05) is 0 Å². The van der Waals surface area contributed by atoms with Gasteiger partial charge in [-0.1, -0.05) is 0 Å². The number of anilines is 1. The van der Waals surface area contributed by atoms with Crippen molar-refractivity contribution in [3.05, 3.63) is 24.3 Å². The Kier molecular flexibility index (Phi) is 8.20. The Morgan fingerprint density at radius 2 is 1.32 bits per heavy atom. The largest absolute Gasteiger partial charge is 0.463 e. The third kappa shape index (κ3) is 7.14. The number of benzene rings is 1. The van der Waals surface area contributed by atoms with Crippen molar-refractivity contribution in [3.8, 4) is 5.75 Å². The first kappa shape index (κ1) is 23.9. The van der Waals surface area contributed by atoms with Crippen molar-refractivity contribution in [3.63, 3.8) is 0 Å². The van der Waals surface area contributed by atoms with Crippen molar-refractivity contribution in [1.29, 1.82) is 0 Å². The zero-order valence-electron chi connectivity index (χ0n) is 17.6. The number of ether oxygens (including phenoxy) is 6. The van der Waals surface area contributed by atoms with E-state index in [1.165, 1.54) is 6.92 Å². The molecule has 1 heterocycles. The fraction of sp³-hybridized carbons (Fsp3) is 0.500. The van der Waals surface area contributed by atoms with Crippen LogP contribution in [0, 0.1) is 0 Å². The van der Waals surface area contributed by atoms with Crippen LogP contribution in [-0.2, 0) is 42.9 Å². The second kappa shape index (κ2) is 10.6. The van der Waals surface area contributed by atoms with Crippen molar-refractivity contribution in [1.82, 2.24) is 0 Å². The van der Waals surface area contributed by atoms with Crippen molar-refractivity contribution in [2.45, 2.75) is 58.4 Å². The van der Waals surface area contributed by atoms with Gasteiger partial charge in [-0.05, 0) is 24.3 Å². The van der Waals surface area contributed by atoms with E-state index in [2.05, 4.69) is 0 Å². The number of carbonyl (C=O) groups excluding carboxylic acids is 4. The Bertz CT molecular complexity index is 809. The maximum atomic E-state index is 11.8. The van der Waals surface area contributed by atoms with Gasteiger partial charge >= 0.3 is 23.9 Å². The molecule has 11 heteroatoms. The predicted molar refractivity (Wildman–Crippen MR) is 103 cm³/mol. The van der Waals surface area contributed by atoms with E-state index in [9.17, 15) is 19.2 Å². The molecule has 31 heavy (non-hydrogen) atoms. The van der Waals surface area contributed by atoms with E-state index in [0.29, 0.717) is 11.4 Å². The minimum Gasteiger partial charge on any atom is -0.463 e. The van der Waals surface area contributed by atoms with Gasteiger partial charge in [-0.2, -0.15) is 0 Å². The second-order valence-electron chi connectivity index (χ2n) is 6.75. The third-order valence-electron chi connectivity index (χ3n) is 4.08. The maximum absolute atomic E-state index is 11.8. The lowest BCUT2D eigenvalue weighted by atomic mass is 9.98. The van der Waals surface area contributed by atoms with Crippen LogP contribution in [0.2, 0.25) is 0 Å². The fourth-order valence-electron chi connectivity index (χ4n) is 2.96. The lowest BCUT2D eigenvalue weighted by Crippen LogP contribution is -2.63. The average molecular weight is 439 g/mol. The molecule has 0 aliphatic carbocycles. The van der Waals surface area contributed by atoms with E-state index in [-0.39, 0.29) is 6.61 Å². The normalized spacial score (nSPS) is 25.1. The number of carbonyl (C=O) groups is 4. The van der Waals surface area contributed by atoms with Crippen LogP contribution >= 0.6 is 0 Å². The molecular formula is C20H25NO10. The summed E-state index contributed by atoms with van der Waals surface area (Å²) in [5.41, 5.74) is 6.17. The van der Waals surface area contributed by atoms with Gasteiger partial charge in [0.2, 0.25) is 12.4 Å². The molecule has 0 aromatic heterocycles. The Hall–Kier alpha value is -3.34. The molecule has 1 aliphatic rings. The van der Waals surface area contributed by atoms with E-state index in [1.54, 1.807) is 24.3 Å². The van der Waals surface area contributed by atoms with Crippen LogP contribution in [-0.4, -0.2) is 61.2 Å². The smallest absolute Gasteiger partial charge is 0.303 e. The number of nitrogens with two attached hydrogens (primary N) is 1. The number of hydrogen-bond acceptors (Lipinski definition) is 11. The van der Waals surface area contributed by atoms with Gasteiger partial charge in [0.15, 0.2) is 12.2 Å². The summed E-state index contributed by atoms with van der Waals surface area (Å²) in [6, 6.07) is 6.29. The van der Waals surface area contributed by atoms with Crippen molar-refractivity contribution in [2.24, 2.45) is 0 Å². The van der Waals surface area contributed by atoms with Gasteiger partial charge in [0, 0.05) is 33.4 Å². The van der Waals surface area contributed by atoms with Crippen LogP contribution in [0.15, 0.2) is 24.3 Å². The lowest BCUT2D eigenvalue weighted by Gasteiger charge is -2.43. The molecule has 2 N–H and O–H groups in total. The highest BCUT2D eigenvalue weighted by Crippen LogP contribution is 2.31. The van der Waals surface area contributed by atoms with E-state index >= 15 is 0 Å². The third-order valence-corrected chi connectivity index (χ3v) is 4.08. The van der Waals surface area contributed by atoms with Gasteiger partial charge in [-0.15, -0.1) is 0 Å². The first-order chi connectivity index (χ1) is 14.6. The summed E-state index contributed by atoms with van der Waals surface area (Å²) in [7, 11) is 0. The van der Waals surface area contributed by atoms with Crippen LogP contribution in [0.5, 0.6) is 5.75 Å². The second-order valence-corrected chi connectivity index (χ2v) is 6.75. The molecule has 0 bridgehead atoms. The van der Waals surface area contributed by atoms with E-state index in [0.717, 1.165) is 20.8 Å². The lowest BCUT2D eigenvalue weighted by molar-refractivity contribution is -0.288. The van der Waals surface area contributed by atoms with Crippen molar-refractivity contribution >= 4 is 29.6 Å². The maximum Gasteiger partial charge on any atom is 0.303 e. The Morgan fingerprint density at radius 1 is 0.806 bits per heavy atom. The van der Waals surface area contributed by atoms with E-state index in [4.69, 9.17) is 34.2 Å². The van der Waals surface area contributed by atoms with Gasteiger partial charge < -0.3 is 34.2 Å². The number of hydrogen-bond donors (Lipinski definition) is 1. The molecule has 170 valence electrons. The first-order valence-electron chi connectivity index (χ1n) is 9.39. The molecule has 5 atom stereocenters. The number of rotatable bonds is 7. The molecule has 0 spiro atoms. The zero-order chi connectivity index (χ0) is 23.1. The molecular weight excluding hydrogens is 414 g/mol. The average Bonchev–Trinajstić information content (AvgIpc) is 2.65. The van der Waals surface area contributed by atoms with Gasteiger partial charge in [0.25, 0.3) is 0 Å². The van der Waals surface area contributed by atoms with Crippen LogP contribution in [0.1, 0.15) is 27.7 Å². The van der Waals surface area contributed by atoms with Crippen molar-refractivity contribution < 1.29 is 47.6 Å². The SMILES string of the molecule is CC(=O)OCC1OC(Oc2ccc(N)cc2)C(OC(C)=O)C(OC(C)=O)C1OC(C)=O. The first-order valence-corrected chi connectivity index (χ1v) is 9.39. The Labute approximate surface area is 178 Å². The highest BCUT2D eigenvalue weighted by molar-refractivity contribution is 5.68. The molecule has 0 amide bonds. The Balaban J connectivity index is 2.43. The van der Waals surface area contributed by atoms with Crippen LogP contribution < -0.4 is 10.5 Å². The highest BCUT2D eigenvalue weighted by atomic mass is 16.7. The number of esters is 4. The monoisotopic (exact) mass is 439 g/mol. The van der Waals surface area contributed by atoms with Gasteiger partial charge in [0.05, 0.1) is 0 Å². The summed E-state index contributed by atoms with van der Waals surface area (Å²) in [5.74, 6) is -2.43. The molecule has 1 fully saturated rings. The molecule has 11 nitrogen and oxygen atoms in total. The molecule has 5 unspecified atom stereocenters. The highest BCUT2D eigenvalue weighted by Gasteiger charge is 2.53. The summed E-state index contributed by atoms with van der Waals surface area (Å²) in [4.78, 5) is 46.5. The Morgan fingerprint density at radius 3 is 1.84 bits per heavy atom. The predicted octanol–water partition coefficient (Wildman–Crippen LogP) is 0.731. The minimum atomic E-state index is -1.29. The summed E-state index contributed by atoms with van der Waals surface area (Å²) in [5, 5.41) is 0. The van der Waals surface area contributed by atoms with Crippen molar-refractivity contribution in [2.75, 3.05) is 12.3 Å². The van der Waals surface area contributed by atoms with Crippen LogP contribution in [0.4, 0.5) is 5.69 Å². The molecule has 1 aromatic carbocycles. The molecule has 1 saturated heterocycles. The fourth-order valence-corrected chi connectivity index (χ4v) is 2.96. The van der Waals surface area contributed by atoms with Gasteiger partial charge in [-0.3, -0.25) is 19.2 Å². The summed E-state index contributed by atoms with van der Waals surface area (Å²) < 4.78 is 32.6. The topological polar surface area (TPSA) is 150 Å². The zero-order valence-corrected chi connectivity index (χ0v) is 17.6. The molecule has 2 rings (SSSR count). The van der Waals surface area contributed by atoms with Crippen LogP contribution in [0.3, 0.4) is 0 Å². The molecule has 0 radical (unpaired) electrons.